The average Bonchev–Trinajstić information content (AvgIpc) is 2.75. The van der Waals surface area contributed by atoms with Crippen molar-refractivity contribution in [3.63, 3.8) is 0 Å². The van der Waals surface area contributed by atoms with Crippen LogP contribution >= 0.6 is 0 Å². The van der Waals surface area contributed by atoms with Crippen molar-refractivity contribution in [3.05, 3.63) is 17.6 Å². The maximum Gasteiger partial charge on any atom is 0.134 e. The van der Waals surface area contributed by atoms with E-state index in [2.05, 4.69) is 32.5 Å². The zero-order valence-electron chi connectivity index (χ0n) is 10.2. The van der Waals surface area contributed by atoms with Gasteiger partial charge in [-0.05, 0) is 20.0 Å². The van der Waals surface area contributed by atoms with Crippen molar-refractivity contribution in [2.45, 2.75) is 25.4 Å². The number of anilines is 1. The highest BCUT2D eigenvalue weighted by Crippen LogP contribution is 2.21. The van der Waals surface area contributed by atoms with Gasteiger partial charge in [-0.2, -0.15) is 0 Å². The Morgan fingerprint density at radius 3 is 3.24 bits per heavy atom. The number of hydrogen-bond donors (Lipinski definition) is 2. The highest BCUT2D eigenvalue weighted by molar-refractivity contribution is 5.47. The van der Waals surface area contributed by atoms with Crippen LogP contribution in [0, 0.1) is 0 Å². The van der Waals surface area contributed by atoms with Crippen molar-refractivity contribution in [1.29, 1.82) is 0 Å². The molecular formula is C12H19N5. The second-order valence-electron chi connectivity index (χ2n) is 4.97. The van der Waals surface area contributed by atoms with Crippen LogP contribution in [0.5, 0.6) is 0 Å². The highest BCUT2D eigenvalue weighted by Gasteiger charge is 2.22. The molecule has 0 saturated carbocycles. The Morgan fingerprint density at radius 2 is 2.41 bits per heavy atom. The Balaban J connectivity index is 1.78. The van der Waals surface area contributed by atoms with Crippen LogP contribution in [-0.4, -0.2) is 47.6 Å². The minimum Gasteiger partial charge on any atom is -0.366 e. The molecule has 0 radical (unpaired) electrons. The molecule has 5 heteroatoms. The van der Waals surface area contributed by atoms with Crippen molar-refractivity contribution < 1.29 is 0 Å². The lowest BCUT2D eigenvalue weighted by Gasteiger charge is -2.21. The van der Waals surface area contributed by atoms with Gasteiger partial charge in [0.15, 0.2) is 0 Å². The largest absolute Gasteiger partial charge is 0.366 e. The van der Waals surface area contributed by atoms with Gasteiger partial charge in [-0.25, -0.2) is 9.97 Å². The van der Waals surface area contributed by atoms with Crippen LogP contribution < -0.4 is 10.6 Å². The Hall–Kier alpha value is -1.20. The van der Waals surface area contributed by atoms with E-state index in [9.17, 15) is 0 Å². The summed E-state index contributed by atoms with van der Waals surface area (Å²) in [6.45, 7) is 4.19. The third-order valence-corrected chi connectivity index (χ3v) is 3.61. The molecule has 2 aliphatic heterocycles. The normalized spacial score (nSPS) is 24.6. The van der Waals surface area contributed by atoms with Crippen molar-refractivity contribution in [1.82, 2.24) is 20.2 Å². The van der Waals surface area contributed by atoms with Gasteiger partial charge in [0.1, 0.15) is 12.1 Å². The molecule has 2 aliphatic rings. The van der Waals surface area contributed by atoms with Gasteiger partial charge in [-0.3, -0.25) is 0 Å². The molecule has 1 aromatic rings. The molecule has 5 nitrogen and oxygen atoms in total. The lowest BCUT2D eigenvalue weighted by molar-refractivity contribution is 0.414. The monoisotopic (exact) mass is 233 g/mol. The molecule has 3 heterocycles. The first-order valence-electron chi connectivity index (χ1n) is 6.31. The number of hydrogen-bond acceptors (Lipinski definition) is 5. The highest BCUT2D eigenvalue weighted by atomic mass is 15.2. The summed E-state index contributed by atoms with van der Waals surface area (Å²) in [7, 11) is 2.17. The summed E-state index contributed by atoms with van der Waals surface area (Å²) in [6, 6.07) is 0.529. The Kier molecular flexibility index (Phi) is 2.94. The Bertz CT molecular complexity index is 406. The van der Waals surface area contributed by atoms with Gasteiger partial charge in [0.05, 0.1) is 5.69 Å². The molecule has 2 N–H and O–H groups in total. The number of nitrogens with one attached hydrogen (secondary N) is 2. The third-order valence-electron chi connectivity index (χ3n) is 3.61. The van der Waals surface area contributed by atoms with Crippen LogP contribution in [0.3, 0.4) is 0 Å². The van der Waals surface area contributed by atoms with E-state index >= 15 is 0 Å². The van der Waals surface area contributed by atoms with E-state index in [1.165, 1.54) is 24.2 Å². The van der Waals surface area contributed by atoms with E-state index in [1.807, 2.05) is 0 Å². The summed E-state index contributed by atoms with van der Waals surface area (Å²) in [5.41, 5.74) is 2.46. The second-order valence-corrected chi connectivity index (χ2v) is 4.97. The molecule has 1 saturated heterocycles. The van der Waals surface area contributed by atoms with Crippen molar-refractivity contribution in [3.8, 4) is 0 Å². The van der Waals surface area contributed by atoms with Gasteiger partial charge in [0.25, 0.3) is 0 Å². The molecule has 92 valence electrons. The maximum absolute atomic E-state index is 4.40. The molecule has 1 aromatic heterocycles. The molecule has 0 aliphatic carbocycles. The zero-order valence-corrected chi connectivity index (χ0v) is 10.2. The fraction of sp³-hybridized carbons (Fsp3) is 0.667. The third kappa shape index (κ3) is 2.25. The summed E-state index contributed by atoms with van der Waals surface area (Å²) >= 11 is 0. The van der Waals surface area contributed by atoms with Gasteiger partial charge in [0.2, 0.25) is 0 Å². The second kappa shape index (κ2) is 4.58. The average molecular weight is 233 g/mol. The molecule has 0 bridgehead atoms. The molecule has 0 spiro atoms. The molecule has 1 fully saturated rings. The molecule has 3 rings (SSSR count). The number of rotatable bonds is 2. The predicted octanol–water partition coefficient (Wildman–Crippen LogP) is 0.238. The van der Waals surface area contributed by atoms with Crippen molar-refractivity contribution in [2.24, 2.45) is 0 Å². The quantitative estimate of drug-likeness (QED) is 0.766. The molecule has 17 heavy (non-hydrogen) atoms. The van der Waals surface area contributed by atoms with Crippen molar-refractivity contribution in [2.75, 3.05) is 32.0 Å². The molecule has 1 atom stereocenters. The Morgan fingerprint density at radius 1 is 1.47 bits per heavy atom. The van der Waals surface area contributed by atoms with Crippen LogP contribution in [0.15, 0.2) is 6.33 Å². The predicted molar refractivity (Wildman–Crippen MR) is 67.0 cm³/mol. The minimum atomic E-state index is 0.529. The SMILES string of the molecule is CN1CCC(Nc2ncnc3c2CNCC3)C1. The lowest BCUT2D eigenvalue weighted by atomic mass is 10.1. The van der Waals surface area contributed by atoms with Gasteiger partial charge in [0, 0.05) is 37.7 Å². The molecular weight excluding hydrogens is 214 g/mol. The maximum atomic E-state index is 4.40. The molecule has 0 amide bonds. The van der Waals surface area contributed by atoms with Gasteiger partial charge >= 0.3 is 0 Å². The number of likely N-dealkylation sites (tertiary alicyclic amines) is 1. The summed E-state index contributed by atoms with van der Waals surface area (Å²) in [5, 5.41) is 6.95. The van der Waals surface area contributed by atoms with Gasteiger partial charge in [-0.1, -0.05) is 0 Å². The fourth-order valence-electron chi connectivity index (χ4n) is 2.64. The first-order chi connectivity index (χ1) is 8.33. The standard InChI is InChI=1S/C12H19N5/c1-17-5-3-9(7-17)16-12-10-6-13-4-2-11(10)14-8-15-12/h8-9,13H,2-7H2,1H3,(H,14,15,16). The van der Waals surface area contributed by atoms with Crippen LogP contribution in [-0.2, 0) is 13.0 Å². The smallest absolute Gasteiger partial charge is 0.134 e. The number of aromatic nitrogens is 2. The van der Waals surface area contributed by atoms with Crippen LogP contribution in [0.4, 0.5) is 5.82 Å². The number of likely N-dealkylation sites (N-methyl/N-ethyl adjacent to an activating group) is 1. The summed E-state index contributed by atoms with van der Waals surface area (Å²) in [6.07, 6.45) is 3.89. The first kappa shape index (κ1) is 10.9. The summed E-state index contributed by atoms with van der Waals surface area (Å²) < 4.78 is 0. The van der Waals surface area contributed by atoms with E-state index in [0.717, 1.165) is 31.9 Å². The first-order valence-corrected chi connectivity index (χ1v) is 6.31. The molecule has 0 aromatic carbocycles. The number of nitrogens with zero attached hydrogens (tertiary/aromatic N) is 3. The van der Waals surface area contributed by atoms with E-state index in [1.54, 1.807) is 6.33 Å². The van der Waals surface area contributed by atoms with Crippen LogP contribution in [0.25, 0.3) is 0 Å². The lowest BCUT2D eigenvalue weighted by Crippen LogP contribution is -2.29. The molecule has 1 unspecified atom stereocenters. The summed E-state index contributed by atoms with van der Waals surface area (Å²) in [5.74, 6) is 1.03. The topological polar surface area (TPSA) is 53.1 Å². The fourth-order valence-corrected chi connectivity index (χ4v) is 2.64. The van der Waals surface area contributed by atoms with Crippen molar-refractivity contribution >= 4 is 5.82 Å². The summed E-state index contributed by atoms with van der Waals surface area (Å²) in [4.78, 5) is 11.1. The van der Waals surface area contributed by atoms with Crippen LogP contribution in [0.2, 0.25) is 0 Å². The van der Waals surface area contributed by atoms with Gasteiger partial charge < -0.3 is 15.5 Å². The Labute approximate surface area is 102 Å². The van der Waals surface area contributed by atoms with E-state index < -0.39 is 0 Å². The van der Waals surface area contributed by atoms with Gasteiger partial charge in [-0.15, -0.1) is 0 Å². The van der Waals surface area contributed by atoms with E-state index in [4.69, 9.17) is 0 Å². The van der Waals surface area contributed by atoms with Crippen LogP contribution in [0.1, 0.15) is 17.7 Å². The zero-order chi connectivity index (χ0) is 11.7. The minimum absolute atomic E-state index is 0.529. The number of fused-ring (bicyclic) bond motifs is 1. The van der Waals surface area contributed by atoms with E-state index in [0.29, 0.717) is 6.04 Å². The van der Waals surface area contributed by atoms with E-state index in [-0.39, 0.29) is 0 Å².